The number of carbonyl (C=O) groups is 2. The number of hydrogen-bond acceptors (Lipinski definition) is 7. The Morgan fingerprint density at radius 2 is 1.92 bits per heavy atom. The summed E-state index contributed by atoms with van der Waals surface area (Å²) in [5, 5.41) is 7.71. The molecule has 1 saturated heterocycles. The molecule has 1 aliphatic heterocycles. The van der Waals surface area contributed by atoms with E-state index in [2.05, 4.69) is 25.9 Å². The van der Waals surface area contributed by atoms with Crippen LogP contribution in [0.2, 0.25) is 0 Å². The van der Waals surface area contributed by atoms with Gasteiger partial charge in [0.05, 0.1) is 53.2 Å². The maximum atomic E-state index is 14.7. The van der Waals surface area contributed by atoms with Crippen molar-refractivity contribution in [1.29, 1.82) is 0 Å². The molecule has 0 unspecified atom stereocenters. The first-order valence-electron chi connectivity index (χ1n) is 11.0. The lowest BCUT2D eigenvalue weighted by molar-refractivity contribution is -0.137. The minimum atomic E-state index is -4.60. The van der Waals surface area contributed by atoms with Crippen LogP contribution in [-0.4, -0.2) is 40.5 Å². The van der Waals surface area contributed by atoms with E-state index in [0.717, 1.165) is 18.3 Å². The molecule has 2 aromatic heterocycles. The van der Waals surface area contributed by atoms with Gasteiger partial charge in [0, 0.05) is 31.5 Å². The number of alkyl halides is 3. The van der Waals surface area contributed by atoms with Crippen LogP contribution in [0, 0.1) is 5.82 Å². The van der Waals surface area contributed by atoms with Crippen LogP contribution < -0.4 is 21.7 Å². The largest absolute Gasteiger partial charge is 0.418 e. The van der Waals surface area contributed by atoms with Gasteiger partial charge in [-0.25, -0.2) is 4.39 Å². The molecule has 0 saturated carbocycles. The summed E-state index contributed by atoms with van der Waals surface area (Å²) < 4.78 is 59.6. The zero-order valence-corrected chi connectivity index (χ0v) is 19.2. The smallest absolute Gasteiger partial charge is 0.397 e. The Labute approximate surface area is 208 Å². The van der Waals surface area contributed by atoms with Crippen molar-refractivity contribution in [2.75, 3.05) is 24.3 Å². The van der Waals surface area contributed by atoms with E-state index >= 15 is 0 Å². The summed E-state index contributed by atoms with van der Waals surface area (Å²) in [6.45, 7) is -0.214. The molecule has 13 heteroatoms. The third-order valence-corrected chi connectivity index (χ3v) is 5.68. The highest BCUT2D eigenvalue weighted by Gasteiger charge is 2.44. The van der Waals surface area contributed by atoms with Gasteiger partial charge in [-0.05, 0) is 18.2 Å². The number of hydrogen-bond donors (Lipinski definition) is 4. The maximum absolute atomic E-state index is 14.7. The van der Waals surface area contributed by atoms with Crippen molar-refractivity contribution in [3.05, 3.63) is 77.6 Å². The number of nitrogen functional groups attached to an aromatic ring is 1. The summed E-state index contributed by atoms with van der Waals surface area (Å²) in [6.07, 6.45) is -0.596. The maximum Gasteiger partial charge on any atom is 0.418 e. The molecule has 1 aliphatic rings. The van der Waals surface area contributed by atoms with E-state index in [0.29, 0.717) is 0 Å². The van der Waals surface area contributed by atoms with Gasteiger partial charge in [-0.1, -0.05) is 12.1 Å². The van der Waals surface area contributed by atoms with Gasteiger partial charge in [-0.2, -0.15) is 13.2 Å². The van der Waals surface area contributed by atoms with Crippen LogP contribution >= 0.6 is 0 Å². The number of aromatic nitrogens is 2. The van der Waals surface area contributed by atoms with Crippen molar-refractivity contribution < 1.29 is 31.9 Å². The summed E-state index contributed by atoms with van der Waals surface area (Å²) in [5.41, 5.74) is 3.36. The number of para-hydroxylation sites is 1. The zero-order valence-electron chi connectivity index (χ0n) is 19.2. The molecule has 0 radical (unpaired) electrons. The second kappa shape index (κ2) is 10.4. The number of pyridine rings is 2. The van der Waals surface area contributed by atoms with Gasteiger partial charge in [0.15, 0.2) is 0 Å². The average molecular weight is 518 g/mol. The molecule has 1 fully saturated rings. The number of rotatable bonds is 7. The van der Waals surface area contributed by atoms with Crippen molar-refractivity contribution in [1.82, 2.24) is 20.6 Å². The fraction of sp³-hybridized carbons (Fsp3) is 0.250. The highest BCUT2D eigenvalue weighted by Crippen LogP contribution is 2.35. The molecule has 3 aromatic rings. The standard InChI is InChI=1S/C24H22F4N6O3/c25-18-8-16(33-19-4-2-1-3-17(19)24(26,27)28)11-31-20(18)12-32-22(36)23(5-6-37-13-23)34-21(35)14-7-15(29)10-30-9-14/h1-4,7-11,33H,5-6,12-13,29H2,(H,32,36)(H,34,35)/t23-/m0/s1. The highest BCUT2D eigenvalue weighted by atomic mass is 19.4. The molecule has 1 aromatic carbocycles. The predicted octanol–water partition coefficient (Wildman–Crippen LogP) is 3.17. The fourth-order valence-corrected chi connectivity index (χ4v) is 3.76. The van der Waals surface area contributed by atoms with Crippen LogP contribution in [-0.2, 0) is 22.3 Å². The molecule has 194 valence electrons. The minimum Gasteiger partial charge on any atom is -0.397 e. The van der Waals surface area contributed by atoms with Gasteiger partial charge in [0.1, 0.15) is 11.4 Å². The Morgan fingerprint density at radius 3 is 2.59 bits per heavy atom. The van der Waals surface area contributed by atoms with Crippen molar-refractivity contribution in [3.8, 4) is 0 Å². The van der Waals surface area contributed by atoms with Gasteiger partial charge in [-0.15, -0.1) is 0 Å². The predicted molar refractivity (Wildman–Crippen MR) is 125 cm³/mol. The first kappa shape index (κ1) is 25.8. The Balaban J connectivity index is 1.43. The van der Waals surface area contributed by atoms with Crippen molar-refractivity contribution in [3.63, 3.8) is 0 Å². The number of anilines is 3. The Morgan fingerprint density at radius 1 is 1.14 bits per heavy atom. The molecular formula is C24H22F4N6O3. The van der Waals surface area contributed by atoms with E-state index in [4.69, 9.17) is 10.5 Å². The van der Waals surface area contributed by atoms with Crippen LogP contribution in [0.1, 0.15) is 28.0 Å². The van der Waals surface area contributed by atoms with E-state index in [9.17, 15) is 27.2 Å². The van der Waals surface area contributed by atoms with Crippen LogP contribution in [0.15, 0.2) is 55.0 Å². The third-order valence-electron chi connectivity index (χ3n) is 5.68. The number of nitrogens with zero attached hydrogens (tertiary/aromatic N) is 2. The minimum absolute atomic E-state index is 0.00653. The van der Waals surface area contributed by atoms with Crippen LogP contribution in [0.4, 0.5) is 34.6 Å². The Bertz CT molecular complexity index is 1310. The molecule has 0 aliphatic carbocycles. The number of nitrogens with one attached hydrogen (secondary N) is 3. The molecular weight excluding hydrogens is 496 g/mol. The molecule has 1 atom stereocenters. The number of benzene rings is 1. The van der Waals surface area contributed by atoms with Crippen molar-refractivity contribution in [2.24, 2.45) is 0 Å². The first-order valence-corrected chi connectivity index (χ1v) is 11.0. The molecule has 0 bridgehead atoms. The summed E-state index contributed by atoms with van der Waals surface area (Å²) in [4.78, 5) is 33.5. The number of halogens is 4. The number of amides is 2. The van der Waals surface area contributed by atoms with Crippen LogP contribution in [0.5, 0.6) is 0 Å². The Hall–Kier alpha value is -4.26. The fourth-order valence-electron chi connectivity index (χ4n) is 3.76. The summed E-state index contributed by atoms with van der Waals surface area (Å²) in [5.74, 6) is -2.04. The van der Waals surface area contributed by atoms with E-state index in [-0.39, 0.29) is 54.5 Å². The topological polar surface area (TPSA) is 131 Å². The number of carbonyl (C=O) groups excluding carboxylic acids is 2. The molecule has 4 rings (SSSR count). The zero-order chi connectivity index (χ0) is 26.6. The lowest BCUT2D eigenvalue weighted by Crippen LogP contribution is -2.59. The highest BCUT2D eigenvalue weighted by molar-refractivity contribution is 5.99. The SMILES string of the molecule is Nc1cncc(C(=O)N[C@@]2(C(=O)NCc3ncc(Nc4ccccc4C(F)(F)F)cc3F)CCOC2)c1. The number of nitrogens with two attached hydrogens (primary N) is 1. The summed E-state index contributed by atoms with van der Waals surface area (Å²) in [6, 6.07) is 7.16. The second-order valence-electron chi connectivity index (χ2n) is 8.35. The van der Waals surface area contributed by atoms with Gasteiger partial charge in [-0.3, -0.25) is 19.6 Å². The van der Waals surface area contributed by atoms with Gasteiger partial charge < -0.3 is 26.4 Å². The monoisotopic (exact) mass is 518 g/mol. The van der Waals surface area contributed by atoms with E-state index < -0.39 is 34.9 Å². The first-order chi connectivity index (χ1) is 17.6. The lowest BCUT2D eigenvalue weighted by atomic mass is 9.96. The van der Waals surface area contributed by atoms with E-state index in [1.165, 1.54) is 36.7 Å². The van der Waals surface area contributed by atoms with Crippen molar-refractivity contribution >= 4 is 28.9 Å². The third kappa shape index (κ3) is 5.94. The van der Waals surface area contributed by atoms with E-state index in [1.807, 2.05) is 0 Å². The van der Waals surface area contributed by atoms with Crippen LogP contribution in [0.3, 0.4) is 0 Å². The quantitative estimate of drug-likeness (QED) is 0.354. The molecule has 9 nitrogen and oxygen atoms in total. The van der Waals surface area contributed by atoms with E-state index in [1.54, 1.807) is 0 Å². The Kier molecular flexibility index (Phi) is 7.25. The summed E-state index contributed by atoms with van der Waals surface area (Å²) >= 11 is 0. The van der Waals surface area contributed by atoms with Gasteiger partial charge in [0.25, 0.3) is 5.91 Å². The molecule has 3 heterocycles. The molecule has 2 amide bonds. The second-order valence-corrected chi connectivity index (χ2v) is 8.35. The van der Waals surface area contributed by atoms with Gasteiger partial charge in [0.2, 0.25) is 5.91 Å². The molecule has 0 spiro atoms. The van der Waals surface area contributed by atoms with Gasteiger partial charge >= 0.3 is 6.18 Å². The average Bonchev–Trinajstić information content (AvgIpc) is 3.33. The lowest BCUT2D eigenvalue weighted by Gasteiger charge is -2.27. The summed E-state index contributed by atoms with van der Waals surface area (Å²) in [7, 11) is 0. The van der Waals surface area contributed by atoms with Crippen molar-refractivity contribution in [2.45, 2.75) is 24.7 Å². The van der Waals surface area contributed by atoms with Crippen LogP contribution in [0.25, 0.3) is 0 Å². The molecule has 37 heavy (non-hydrogen) atoms. The molecule has 5 N–H and O–H groups in total. The number of ether oxygens (including phenoxy) is 1. The normalized spacial score (nSPS) is 17.3.